The van der Waals surface area contributed by atoms with E-state index < -0.39 is 0 Å². The highest BCUT2D eigenvalue weighted by Crippen LogP contribution is 2.02. The van der Waals surface area contributed by atoms with E-state index in [0.29, 0.717) is 10.4 Å². The molecule has 1 N–H and O–H groups in total. The Hall–Kier alpha value is 0.200. The van der Waals surface area contributed by atoms with Crippen molar-refractivity contribution >= 4 is 29.2 Å². The molecular formula is C9H19NOS2. The number of hydrogen-bond acceptors (Lipinski definition) is 2. The van der Waals surface area contributed by atoms with E-state index in [-0.39, 0.29) is 0 Å². The fourth-order valence-corrected chi connectivity index (χ4v) is 1.48. The molecule has 78 valence electrons. The standard InChI is InChI=1S/C9H19NOS2/c1-3-8(10-9(12)13)6-5-7-11-4-2/h8H,3-7H2,1-2H3,(H2,10,12,13). The smallest absolute Gasteiger partial charge is 0.130 e. The molecule has 0 rings (SSSR count). The van der Waals surface area contributed by atoms with E-state index in [1.165, 1.54) is 0 Å². The Balaban J connectivity index is 3.42. The summed E-state index contributed by atoms with van der Waals surface area (Å²) in [5, 5.41) is 3.15. The van der Waals surface area contributed by atoms with Gasteiger partial charge in [0, 0.05) is 19.3 Å². The second-order valence-corrected chi connectivity index (χ2v) is 4.05. The zero-order valence-corrected chi connectivity index (χ0v) is 10.1. The van der Waals surface area contributed by atoms with Crippen molar-refractivity contribution in [1.82, 2.24) is 5.32 Å². The maximum atomic E-state index is 5.25. The van der Waals surface area contributed by atoms with E-state index in [0.717, 1.165) is 32.5 Å². The molecule has 0 saturated heterocycles. The van der Waals surface area contributed by atoms with E-state index in [1.54, 1.807) is 0 Å². The summed E-state index contributed by atoms with van der Waals surface area (Å²) < 4.78 is 5.84. The Kier molecular flexibility index (Phi) is 8.92. The van der Waals surface area contributed by atoms with Crippen LogP contribution in [0.15, 0.2) is 0 Å². The molecule has 2 nitrogen and oxygen atoms in total. The minimum absolute atomic E-state index is 0.449. The maximum absolute atomic E-state index is 5.25. The van der Waals surface area contributed by atoms with Crippen LogP contribution in [-0.2, 0) is 4.74 Å². The van der Waals surface area contributed by atoms with Crippen LogP contribution in [0.3, 0.4) is 0 Å². The third-order valence-corrected chi connectivity index (χ3v) is 2.11. The van der Waals surface area contributed by atoms with Gasteiger partial charge < -0.3 is 10.1 Å². The number of thiocarbonyl (C=S) groups is 1. The van der Waals surface area contributed by atoms with Gasteiger partial charge in [0.1, 0.15) is 4.32 Å². The summed E-state index contributed by atoms with van der Waals surface area (Å²) in [5.41, 5.74) is 0. The Bertz CT molecular complexity index is 142. The van der Waals surface area contributed by atoms with Crippen LogP contribution in [-0.4, -0.2) is 23.6 Å². The largest absolute Gasteiger partial charge is 0.382 e. The van der Waals surface area contributed by atoms with E-state index in [2.05, 4.69) is 24.9 Å². The third kappa shape index (κ3) is 8.53. The van der Waals surface area contributed by atoms with E-state index in [9.17, 15) is 0 Å². The number of hydrogen-bond donors (Lipinski definition) is 2. The van der Waals surface area contributed by atoms with Crippen molar-refractivity contribution < 1.29 is 4.74 Å². The summed E-state index contributed by atoms with van der Waals surface area (Å²) in [4.78, 5) is 0. The Morgan fingerprint density at radius 2 is 2.23 bits per heavy atom. The molecule has 0 aliphatic heterocycles. The van der Waals surface area contributed by atoms with Crippen molar-refractivity contribution in [2.75, 3.05) is 13.2 Å². The van der Waals surface area contributed by atoms with E-state index >= 15 is 0 Å². The highest BCUT2D eigenvalue weighted by Gasteiger charge is 2.04. The summed E-state index contributed by atoms with van der Waals surface area (Å²) in [7, 11) is 0. The van der Waals surface area contributed by atoms with Gasteiger partial charge >= 0.3 is 0 Å². The quantitative estimate of drug-likeness (QED) is 0.391. The van der Waals surface area contributed by atoms with Crippen molar-refractivity contribution in [3.05, 3.63) is 0 Å². The molecule has 0 amide bonds. The summed E-state index contributed by atoms with van der Waals surface area (Å²) in [5.74, 6) is 0. The minimum atomic E-state index is 0.449. The molecule has 0 heterocycles. The number of ether oxygens (including phenoxy) is 1. The van der Waals surface area contributed by atoms with Gasteiger partial charge in [-0.25, -0.2) is 0 Å². The topological polar surface area (TPSA) is 21.3 Å². The second-order valence-electron chi connectivity index (χ2n) is 2.89. The zero-order valence-electron chi connectivity index (χ0n) is 8.38. The fourth-order valence-electron chi connectivity index (χ4n) is 1.13. The Morgan fingerprint density at radius 1 is 1.54 bits per heavy atom. The summed E-state index contributed by atoms with van der Waals surface area (Å²) in [6, 6.07) is 0.449. The molecule has 0 aromatic carbocycles. The first kappa shape index (κ1) is 13.2. The molecule has 0 spiro atoms. The summed E-state index contributed by atoms with van der Waals surface area (Å²) >= 11 is 8.91. The fraction of sp³-hybridized carbons (Fsp3) is 0.889. The van der Waals surface area contributed by atoms with Crippen molar-refractivity contribution in [2.24, 2.45) is 0 Å². The van der Waals surface area contributed by atoms with E-state index in [4.69, 9.17) is 17.0 Å². The van der Waals surface area contributed by atoms with Gasteiger partial charge in [-0.15, -0.1) is 12.6 Å². The SMILES string of the molecule is CCOCCCC(CC)NC(=S)S. The van der Waals surface area contributed by atoms with Crippen molar-refractivity contribution in [1.29, 1.82) is 0 Å². The lowest BCUT2D eigenvalue weighted by atomic mass is 10.1. The Morgan fingerprint density at radius 3 is 2.69 bits per heavy atom. The highest BCUT2D eigenvalue weighted by molar-refractivity contribution is 8.11. The van der Waals surface area contributed by atoms with Gasteiger partial charge in [0.2, 0.25) is 0 Å². The third-order valence-electron chi connectivity index (χ3n) is 1.87. The van der Waals surface area contributed by atoms with Crippen molar-refractivity contribution in [2.45, 2.75) is 39.2 Å². The molecule has 0 radical (unpaired) electrons. The monoisotopic (exact) mass is 221 g/mol. The van der Waals surface area contributed by atoms with Gasteiger partial charge in [-0.05, 0) is 26.2 Å². The highest BCUT2D eigenvalue weighted by atomic mass is 32.1. The van der Waals surface area contributed by atoms with Crippen LogP contribution in [0.25, 0.3) is 0 Å². The molecule has 0 fully saturated rings. The number of rotatable bonds is 7. The van der Waals surface area contributed by atoms with Gasteiger partial charge in [-0.2, -0.15) is 0 Å². The van der Waals surface area contributed by atoms with Crippen LogP contribution in [0.5, 0.6) is 0 Å². The first-order valence-corrected chi connectivity index (χ1v) is 5.63. The maximum Gasteiger partial charge on any atom is 0.130 e. The predicted molar refractivity (Wildman–Crippen MR) is 64.5 cm³/mol. The molecule has 1 atom stereocenters. The average Bonchev–Trinajstić information content (AvgIpc) is 2.09. The zero-order chi connectivity index (χ0) is 10.1. The molecule has 0 aromatic rings. The predicted octanol–water partition coefficient (Wildman–Crippen LogP) is 2.39. The van der Waals surface area contributed by atoms with Crippen LogP contribution >= 0.6 is 24.8 Å². The van der Waals surface area contributed by atoms with Gasteiger partial charge in [-0.1, -0.05) is 19.1 Å². The van der Waals surface area contributed by atoms with Crippen LogP contribution in [0.4, 0.5) is 0 Å². The van der Waals surface area contributed by atoms with Crippen LogP contribution in [0.2, 0.25) is 0 Å². The van der Waals surface area contributed by atoms with Gasteiger partial charge in [0.25, 0.3) is 0 Å². The first-order chi connectivity index (χ1) is 6.20. The molecule has 4 heteroatoms. The first-order valence-electron chi connectivity index (χ1n) is 4.77. The molecule has 0 bridgehead atoms. The lowest BCUT2D eigenvalue weighted by Gasteiger charge is -2.16. The molecule has 0 aromatic heterocycles. The van der Waals surface area contributed by atoms with E-state index in [1.807, 2.05) is 6.92 Å². The molecule has 1 unspecified atom stereocenters. The number of thiol groups is 1. The van der Waals surface area contributed by atoms with Crippen molar-refractivity contribution in [3.8, 4) is 0 Å². The van der Waals surface area contributed by atoms with Crippen LogP contribution < -0.4 is 5.32 Å². The van der Waals surface area contributed by atoms with Gasteiger partial charge in [-0.3, -0.25) is 0 Å². The summed E-state index contributed by atoms with van der Waals surface area (Å²) in [6.45, 7) is 5.80. The van der Waals surface area contributed by atoms with Gasteiger partial charge in [0.15, 0.2) is 0 Å². The minimum Gasteiger partial charge on any atom is -0.382 e. The normalized spacial score (nSPS) is 12.5. The average molecular weight is 221 g/mol. The lowest BCUT2D eigenvalue weighted by Crippen LogP contribution is -2.30. The number of nitrogens with one attached hydrogen (secondary N) is 1. The lowest BCUT2D eigenvalue weighted by molar-refractivity contribution is 0.141. The second kappa shape index (κ2) is 8.78. The van der Waals surface area contributed by atoms with Crippen LogP contribution in [0, 0.1) is 0 Å². The van der Waals surface area contributed by atoms with Crippen LogP contribution in [0.1, 0.15) is 33.1 Å². The molecule has 0 aliphatic carbocycles. The van der Waals surface area contributed by atoms with Crippen molar-refractivity contribution in [3.63, 3.8) is 0 Å². The molecular weight excluding hydrogens is 202 g/mol. The molecule has 0 saturated carbocycles. The summed E-state index contributed by atoms with van der Waals surface area (Å²) in [6.07, 6.45) is 3.25. The molecule has 13 heavy (non-hydrogen) atoms. The molecule has 0 aliphatic rings. The Labute approximate surface area is 91.8 Å². The van der Waals surface area contributed by atoms with Gasteiger partial charge in [0.05, 0.1) is 0 Å².